The van der Waals surface area contributed by atoms with E-state index >= 15 is 0 Å². The largest absolute Gasteiger partial charge is 0.461 e. The van der Waals surface area contributed by atoms with Crippen molar-refractivity contribution in [1.82, 2.24) is 9.88 Å². The quantitative estimate of drug-likeness (QED) is 0.793. The summed E-state index contributed by atoms with van der Waals surface area (Å²) in [6.45, 7) is 5.75. The van der Waals surface area contributed by atoms with Crippen LogP contribution >= 0.6 is 0 Å². The summed E-state index contributed by atoms with van der Waals surface area (Å²) in [5.74, 6) is -0.264. The first kappa shape index (κ1) is 12.2. The summed E-state index contributed by atoms with van der Waals surface area (Å²) < 4.78 is 4.94. The molecular formula is C13H20N2O2. The molecule has 0 aliphatic carbocycles. The van der Waals surface area contributed by atoms with Crippen molar-refractivity contribution in [3.63, 3.8) is 0 Å². The Bertz CT molecular complexity index is 367. The van der Waals surface area contributed by atoms with Crippen molar-refractivity contribution in [1.29, 1.82) is 0 Å². The van der Waals surface area contributed by atoms with E-state index in [4.69, 9.17) is 4.74 Å². The number of hydrogen-bond acceptors (Lipinski definition) is 3. The maximum atomic E-state index is 11.5. The van der Waals surface area contributed by atoms with Gasteiger partial charge in [0.25, 0.3) is 0 Å². The summed E-state index contributed by atoms with van der Waals surface area (Å²) in [5, 5.41) is 0. The number of likely N-dealkylation sites (tertiary alicyclic amines) is 1. The van der Waals surface area contributed by atoms with Crippen LogP contribution < -0.4 is 0 Å². The second-order valence-electron chi connectivity index (χ2n) is 4.44. The highest BCUT2D eigenvalue weighted by Crippen LogP contribution is 2.10. The first-order valence-electron chi connectivity index (χ1n) is 6.36. The van der Waals surface area contributed by atoms with E-state index in [1.807, 2.05) is 19.2 Å². The molecule has 1 aliphatic heterocycles. The molecule has 1 aliphatic rings. The van der Waals surface area contributed by atoms with Gasteiger partial charge in [-0.25, -0.2) is 4.79 Å². The Hall–Kier alpha value is -1.29. The summed E-state index contributed by atoms with van der Waals surface area (Å²) in [5.41, 5.74) is 1.74. The van der Waals surface area contributed by atoms with Gasteiger partial charge in [0.2, 0.25) is 0 Å². The maximum absolute atomic E-state index is 11.5. The molecule has 0 atom stereocenters. The lowest BCUT2D eigenvalue weighted by Crippen LogP contribution is -2.21. The fourth-order valence-electron chi connectivity index (χ4n) is 2.20. The maximum Gasteiger partial charge on any atom is 0.354 e. The SMILES string of the molecule is CCOC(=O)c1cc(CCN2CCCC2)c[nH]1. The van der Waals surface area contributed by atoms with E-state index in [0.29, 0.717) is 12.3 Å². The number of carbonyl (C=O) groups is 1. The first-order chi connectivity index (χ1) is 8.29. The molecule has 4 nitrogen and oxygen atoms in total. The molecule has 1 aromatic rings. The monoisotopic (exact) mass is 236 g/mol. The lowest BCUT2D eigenvalue weighted by molar-refractivity contribution is 0.0520. The molecule has 0 saturated carbocycles. The zero-order valence-corrected chi connectivity index (χ0v) is 10.4. The minimum atomic E-state index is -0.264. The zero-order chi connectivity index (χ0) is 12.1. The standard InChI is InChI=1S/C13H20N2O2/c1-2-17-13(16)12-9-11(10-14-12)5-8-15-6-3-4-7-15/h9-10,14H,2-8H2,1H3. The fraction of sp³-hybridized carbons (Fsp3) is 0.615. The molecule has 2 rings (SSSR count). The third-order valence-corrected chi connectivity index (χ3v) is 3.15. The minimum Gasteiger partial charge on any atom is -0.461 e. The summed E-state index contributed by atoms with van der Waals surface area (Å²) in [6, 6.07) is 1.90. The minimum absolute atomic E-state index is 0.264. The van der Waals surface area contributed by atoms with Crippen LogP contribution in [-0.4, -0.2) is 42.1 Å². The summed E-state index contributed by atoms with van der Waals surface area (Å²) in [4.78, 5) is 16.9. The highest BCUT2D eigenvalue weighted by Gasteiger charge is 2.13. The Morgan fingerprint density at radius 3 is 2.94 bits per heavy atom. The van der Waals surface area contributed by atoms with Crippen LogP contribution in [0.4, 0.5) is 0 Å². The molecule has 1 fully saturated rings. The van der Waals surface area contributed by atoms with E-state index in [-0.39, 0.29) is 5.97 Å². The molecule has 2 heterocycles. The number of nitrogens with zero attached hydrogens (tertiary/aromatic N) is 1. The van der Waals surface area contributed by atoms with Gasteiger partial charge in [-0.05, 0) is 50.9 Å². The Morgan fingerprint density at radius 2 is 2.24 bits per heavy atom. The van der Waals surface area contributed by atoms with Gasteiger partial charge in [0, 0.05) is 12.7 Å². The van der Waals surface area contributed by atoms with Crippen molar-refractivity contribution in [3.8, 4) is 0 Å². The van der Waals surface area contributed by atoms with Crippen LogP contribution in [-0.2, 0) is 11.2 Å². The Labute approximate surface area is 102 Å². The van der Waals surface area contributed by atoms with Crippen LogP contribution in [0.25, 0.3) is 0 Å². The number of carbonyl (C=O) groups excluding carboxylic acids is 1. The number of H-pyrrole nitrogens is 1. The molecule has 0 bridgehead atoms. The molecule has 17 heavy (non-hydrogen) atoms. The van der Waals surface area contributed by atoms with Crippen LogP contribution in [0.1, 0.15) is 35.8 Å². The number of rotatable bonds is 5. The second-order valence-corrected chi connectivity index (χ2v) is 4.44. The molecule has 0 radical (unpaired) electrons. The molecule has 0 spiro atoms. The van der Waals surface area contributed by atoms with Gasteiger partial charge in [0.15, 0.2) is 0 Å². The third-order valence-electron chi connectivity index (χ3n) is 3.15. The van der Waals surface area contributed by atoms with Crippen LogP contribution in [0.2, 0.25) is 0 Å². The highest BCUT2D eigenvalue weighted by atomic mass is 16.5. The zero-order valence-electron chi connectivity index (χ0n) is 10.4. The average molecular weight is 236 g/mol. The van der Waals surface area contributed by atoms with E-state index < -0.39 is 0 Å². The van der Waals surface area contributed by atoms with Gasteiger partial charge < -0.3 is 14.6 Å². The van der Waals surface area contributed by atoms with Crippen LogP contribution in [0.15, 0.2) is 12.3 Å². The van der Waals surface area contributed by atoms with Gasteiger partial charge in [-0.3, -0.25) is 0 Å². The molecular weight excluding hydrogens is 216 g/mol. The Balaban J connectivity index is 1.83. The summed E-state index contributed by atoms with van der Waals surface area (Å²) >= 11 is 0. The van der Waals surface area contributed by atoms with Crippen LogP contribution in [0.5, 0.6) is 0 Å². The molecule has 0 aromatic carbocycles. The van der Waals surface area contributed by atoms with Crippen molar-refractivity contribution < 1.29 is 9.53 Å². The molecule has 1 saturated heterocycles. The van der Waals surface area contributed by atoms with E-state index in [2.05, 4.69) is 9.88 Å². The van der Waals surface area contributed by atoms with Gasteiger partial charge >= 0.3 is 5.97 Å². The fourth-order valence-corrected chi connectivity index (χ4v) is 2.20. The molecule has 0 amide bonds. The number of nitrogens with one attached hydrogen (secondary N) is 1. The topological polar surface area (TPSA) is 45.3 Å². The molecule has 94 valence electrons. The molecule has 1 aromatic heterocycles. The highest BCUT2D eigenvalue weighted by molar-refractivity contribution is 5.87. The van der Waals surface area contributed by atoms with Gasteiger partial charge in [0.05, 0.1) is 6.61 Å². The Kier molecular flexibility index (Phi) is 4.20. The van der Waals surface area contributed by atoms with Crippen molar-refractivity contribution in [2.45, 2.75) is 26.2 Å². The van der Waals surface area contributed by atoms with Gasteiger partial charge in [-0.1, -0.05) is 0 Å². The van der Waals surface area contributed by atoms with Crippen molar-refractivity contribution in [2.75, 3.05) is 26.2 Å². The number of aromatic nitrogens is 1. The number of hydrogen-bond donors (Lipinski definition) is 1. The number of esters is 1. The second kappa shape index (κ2) is 5.87. The molecule has 4 heteroatoms. The van der Waals surface area contributed by atoms with Crippen molar-refractivity contribution >= 4 is 5.97 Å². The van der Waals surface area contributed by atoms with Crippen LogP contribution in [0.3, 0.4) is 0 Å². The predicted octanol–water partition coefficient (Wildman–Crippen LogP) is 1.83. The average Bonchev–Trinajstić information content (AvgIpc) is 2.98. The number of aromatic amines is 1. The van der Waals surface area contributed by atoms with E-state index in [9.17, 15) is 4.79 Å². The van der Waals surface area contributed by atoms with Crippen LogP contribution in [0, 0.1) is 0 Å². The lowest BCUT2D eigenvalue weighted by Gasteiger charge is -2.12. The van der Waals surface area contributed by atoms with E-state index in [1.165, 1.54) is 31.5 Å². The first-order valence-corrected chi connectivity index (χ1v) is 6.36. The van der Waals surface area contributed by atoms with E-state index in [1.54, 1.807) is 0 Å². The number of ether oxygens (including phenoxy) is 1. The van der Waals surface area contributed by atoms with Gasteiger partial charge in [-0.15, -0.1) is 0 Å². The summed E-state index contributed by atoms with van der Waals surface area (Å²) in [7, 11) is 0. The van der Waals surface area contributed by atoms with Crippen molar-refractivity contribution in [2.24, 2.45) is 0 Å². The molecule has 0 unspecified atom stereocenters. The lowest BCUT2D eigenvalue weighted by atomic mass is 10.2. The predicted molar refractivity (Wildman–Crippen MR) is 66.1 cm³/mol. The normalized spacial score (nSPS) is 16.3. The van der Waals surface area contributed by atoms with Gasteiger partial charge in [-0.2, -0.15) is 0 Å². The summed E-state index contributed by atoms with van der Waals surface area (Å²) in [6.07, 6.45) is 5.54. The Morgan fingerprint density at radius 1 is 1.47 bits per heavy atom. The smallest absolute Gasteiger partial charge is 0.354 e. The molecule has 1 N–H and O–H groups in total. The van der Waals surface area contributed by atoms with E-state index in [0.717, 1.165) is 13.0 Å². The van der Waals surface area contributed by atoms with Crippen molar-refractivity contribution in [3.05, 3.63) is 23.5 Å². The third kappa shape index (κ3) is 3.33. The van der Waals surface area contributed by atoms with Gasteiger partial charge in [0.1, 0.15) is 5.69 Å².